The number of morpholine rings is 1. The fourth-order valence-electron chi connectivity index (χ4n) is 3.17. The summed E-state index contributed by atoms with van der Waals surface area (Å²) in [7, 11) is 1.57. The van der Waals surface area contributed by atoms with Crippen molar-refractivity contribution in [3.8, 4) is 5.75 Å². The summed E-state index contributed by atoms with van der Waals surface area (Å²) in [6.45, 7) is 3.97. The number of anilines is 2. The summed E-state index contributed by atoms with van der Waals surface area (Å²) in [4.78, 5) is 23.1. The fraction of sp³-hybridized carbons (Fsp3) is 0.350. The molecule has 3 aromatic rings. The Morgan fingerprint density at radius 2 is 2.07 bits per heavy atom. The summed E-state index contributed by atoms with van der Waals surface area (Å²) in [5.74, 6) is 2.15. The van der Waals surface area contributed by atoms with Gasteiger partial charge in [0.05, 0.1) is 20.3 Å². The molecule has 0 bridgehead atoms. The van der Waals surface area contributed by atoms with Crippen molar-refractivity contribution in [1.82, 2.24) is 15.3 Å². The second-order valence-electron chi connectivity index (χ2n) is 6.53. The lowest BCUT2D eigenvalue weighted by Gasteiger charge is -2.27. The summed E-state index contributed by atoms with van der Waals surface area (Å²) in [5.41, 5.74) is 0.565. The first-order chi connectivity index (χ1) is 14.2. The van der Waals surface area contributed by atoms with Crippen molar-refractivity contribution < 1.29 is 18.7 Å². The number of nitrogens with zero attached hydrogens (tertiary/aromatic N) is 3. The molecule has 0 spiro atoms. The van der Waals surface area contributed by atoms with E-state index in [4.69, 9.17) is 13.9 Å². The molecule has 1 amide bonds. The molecule has 9 nitrogen and oxygen atoms in total. The molecule has 0 atom stereocenters. The minimum absolute atomic E-state index is 0.251. The quantitative estimate of drug-likeness (QED) is 0.583. The van der Waals surface area contributed by atoms with Crippen molar-refractivity contribution in [3.05, 3.63) is 42.4 Å². The average molecular weight is 397 g/mol. The number of ether oxygens (including phenoxy) is 2. The number of rotatable bonds is 7. The summed E-state index contributed by atoms with van der Waals surface area (Å²) in [6, 6.07) is 9.14. The van der Waals surface area contributed by atoms with Gasteiger partial charge in [0.1, 0.15) is 18.0 Å². The highest BCUT2D eigenvalue weighted by Crippen LogP contribution is 2.28. The van der Waals surface area contributed by atoms with E-state index < -0.39 is 0 Å². The number of furan rings is 1. The molecular formula is C20H23N5O4. The van der Waals surface area contributed by atoms with Crippen LogP contribution in [0.1, 0.15) is 10.6 Å². The monoisotopic (exact) mass is 397 g/mol. The van der Waals surface area contributed by atoms with Crippen molar-refractivity contribution in [3.63, 3.8) is 0 Å². The minimum atomic E-state index is -0.276. The number of amides is 1. The van der Waals surface area contributed by atoms with Gasteiger partial charge in [-0.3, -0.25) is 4.79 Å². The maximum atomic E-state index is 12.4. The maximum Gasteiger partial charge on any atom is 0.287 e. The van der Waals surface area contributed by atoms with Crippen LogP contribution in [0.25, 0.3) is 11.0 Å². The van der Waals surface area contributed by atoms with E-state index in [1.807, 2.05) is 18.2 Å². The molecule has 1 fully saturated rings. The first kappa shape index (κ1) is 19.0. The van der Waals surface area contributed by atoms with Crippen LogP contribution in [0.5, 0.6) is 5.75 Å². The van der Waals surface area contributed by atoms with Gasteiger partial charge in [-0.25, -0.2) is 9.97 Å². The van der Waals surface area contributed by atoms with E-state index in [0.717, 1.165) is 24.3 Å². The predicted octanol–water partition coefficient (Wildman–Crippen LogP) is 1.91. The molecule has 1 aliphatic rings. The Morgan fingerprint density at radius 3 is 2.90 bits per heavy atom. The van der Waals surface area contributed by atoms with Crippen molar-refractivity contribution >= 4 is 28.5 Å². The number of benzene rings is 1. The number of methoxy groups -OCH3 is 1. The first-order valence-electron chi connectivity index (χ1n) is 9.48. The Morgan fingerprint density at radius 1 is 1.21 bits per heavy atom. The van der Waals surface area contributed by atoms with Gasteiger partial charge < -0.3 is 29.4 Å². The highest BCUT2D eigenvalue weighted by molar-refractivity contribution is 5.97. The van der Waals surface area contributed by atoms with Crippen LogP contribution in [-0.4, -0.2) is 62.4 Å². The molecule has 9 heteroatoms. The van der Waals surface area contributed by atoms with Gasteiger partial charge in [0, 0.05) is 37.6 Å². The second-order valence-corrected chi connectivity index (χ2v) is 6.53. The molecule has 2 aromatic heterocycles. The van der Waals surface area contributed by atoms with Gasteiger partial charge in [-0.2, -0.15) is 0 Å². The Labute approximate surface area is 168 Å². The number of hydrogen-bond donors (Lipinski definition) is 2. The molecule has 3 heterocycles. The molecule has 2 N–H and O–H groups in total. The van der Waals surface area contributed by atoms with Gasteiger partial charge in [-0.05, 0) is 12.1 Å². The summed E-state index contributed by atoms with van der Waals surface area (Å²) in [5, 5.41) is 6.86. The maximum absolute atomic E-state index is 12.4. The zero-order valence-corrected chi connectivity index (χ0v) is 16.2. The number of hydrogen-bond acceptors (Lipinski definition) is 8. The smallest absolute Gasteiger partial charge is 0.287 e. The molecule has 1 aliphatic heterocycles. The van der Waals surface area contributed by atoms with Crippen LogP contribution >= 0.6 is 0 Å². The van der Waals surface area contributed by atoms with Gasteiger partial charge in [0.25, 0.3) is 5.91 Å². The molecule has 4 rings (SSSR count). The largest absolute Gasteiger partial charge is 0.493 e. The lowest BCUT2D eigenvalue weighted by Crippen LogP contribution is -2.36. The zero-order valence-electron chi connectivity index (χ0n) is 16.2. The van der Waals surface area contributed by atoms with Crippen LogP contribution in [0.4, 0.5) is 11.6 Å². The first-order valence-corrected chi connectivity index (χ1v) is 9.48. The number of nitrogens with one attached hydrogen (secondary N) is 2. The van der Waals surface area contributed by atoms with Crippen molar-refractivity contribution in [1.29, 1.82) is 0 Å². The van der Waals surface area contributed by atoms with Gasteiger partial charge in [-0.1, -0.05) is 12.1 Å². The Kier molecular flexibility index (Phi) is 5.76. The van der Waals surface area contributed by atoms with Gasteiger partial charge in [0.15, 0.2) is 17.1 Å². The molecule has 0 aliphatic carbocycles. The SMILES string of the molecule is COc1cccc2cc(C(=O)NCCNc3cc(N4CCOCC4)ncn3)oc12. The van der Waals surface area contributed by atoms with Crippen LogP contribution in [0, 0.1) is 0 Å². The number of carbonyl (C=O) groups is 1. The van der Waals surface area contributed by atoms with Crippen molar-refractivity contribution in [2.45, 2.75) is 0 Å². The van der Waals surface area contributed by atoms with E-state index in [2.05, 4.69) is 25.5 Å². The van der Waals surface area contributed by atoms with E-state index in [0.29, 0.717) is 43.5 Å². The lowest BCUT2D eigenvalue weighted by molar-refractivity contribution is 0.0929. The third kappa shape index (κ3) is 4.40. The summed E-state index contributed by atoms with van der Waals surface area (Å²) >= 11 is 0. The summed E-state index contributed by atoms with van der Waals surface area (Å²) in [6.07, 6.45) is 1.54. The molecule has 152 valence electrons. The molecular weight excluding hydrogens is 374 g/mol. The van der Waals surface area contributed by atoms with Crippen LogP contribution in [-0.2, 0) is 4.74 Å². The number of aromatic nitrogens is 2. The van der Waals surface area contributed by atoms with Crippen LogP contribution in [0.3, 0.4) is 0 Å². The number of para-hydroxylation sites is 1. The molecule has 1 aromatic carbocycles. The standard InChI is InChI=1S/C20H23N5O4/c1-27-15-4-2-3-14-11-16(29-19(14)15)20(26)22-6-5-21-17-12-18(24-13-23-17)25-7-9-28-10-8-25/h2-4,11-13H,5-10H2,1H3,(H,22,26)(H,21,23,24). The molecule has 0 unspecified atom stereocenters. The normalized spacial score (nSPS) is 14.0. The summed E-state index contributed by atoms with van der Waals surface area (Å²) < 4.78 is 16.3. The van der Waals surface area contributed by atoms with Crippen LogP contribution in [0.15, 0.2) is 41.1 Å². The topological polar surface area (TPSA) is 102 Å². The van der Waals surface area contributed by atoms with E-state index in [1.165, 1.54) is 6.33 Å². The molecule has 0 radical (unpaired) electrons. The van der Waals surface area contributed by atoms with E-state index >= 15 is 0 Å². The van der Waals surface area contributed by atoms with Crippen molar-refractivity contribution in [2.24, 2.45) is 0 Å². The Balaban J connectivity index is 1.30. The number of fused-ring (bicyclic) bond motifs is 1. The van der Waals surface area contributed by atoms with Crippen LogP contribution < -0.4 is 20.3 Å². The Bertz CT molecular complexity index is 984. The zero-order chi connectivity index (χ0) is 20.1. The minimum Gasteiger partial charge on any atom is -0.493 e. The molecule has 0 saturated carbocycles. The van der Waals surface area contributed by atoms with Crippen LogP contribution in [0.2, 0.25) is 0 Å². The van der Waals surface area contributed by atoms with Gasteiger partial charge in [-0.15, -0.1) is 0 Å². The predicted molar refractivity (Wildman–Crippen MR) is 109 cm³/mol. The van der Waals surface area contributed by atoms with Gasteiger partial charge >= 0.3 is 0 Å². The third-order valence-corrected chi connectivity index (χ3v) is 4.66. The highest BCUT2D eigenvalue weighted by Gasteiger charge is 2.15. The molecule has 29 heavy (non-hydrogen) atoms. The average Bonchev–Trinajstić information content (AvgIpc) is 3.22. The number of carbonyl (C=O) groups excluding carboxylic acids is 1. The lowest BCUT2D eigenvalue weighted by atomic mass is 10.2. The van der Waals surface area contributed by atoms with Gasteiger partial charge in [0.2, 0.25) is 0 Å². The van der Waals surface area contributed by atoms with E-state index in [-0.39, 0.29) is 11.7 Å². The van der Waals surface area contributed by atoms with Crippen molar-refractivity contribution in [2.75, 3.05) is 56.7 Å². The fourth-order valence-corrected chi connectivity index (χ4v) is 3.17. The van der Waals surface area contributed by atoms with E-state index in [1.54, 1.807) is 19.2 Å². The van der Waals surface area contributed by atoms with E-state index in [9.17, 15) is 4.79 Å². The second kappa shape index (κ2) is 8.78. The third-order valence-electron chi connectivity index (χ3n) is 4.66. The highest BCUT2D eigenvalue weighted by atomic mass is 16.5. The molecule has 1 saturated heterocycles. The Hall–Kier alpha value is -3.33.